The van der Waals surface area contributed by atoms with Gasteiger partial charge in [-0.1, -0.05) is 24.3 Å². The number of anilines is 1. The lowest BCUT2D eigenvalue weighted by atomic mass is 9.92. The highest BCUT2D eigenvalue weighted by atomic mass is 19.4. The van der Waals surface area contributed by atoms with Crippen LogP contribution in [0.5, 0.6) is 0 Å². The summed E-state index contributed by atoms with van der Waals surface area (Å²) in [4.78, 5) is 11.8. The molecule has 1 aliphatic rings. The first-order chi connectivity index (χ1) is 13.3. The van der Waals surface area contributed by atoms with Crippen molar-refractivity contribution in [1.82, 2.24) is 9.97 Å². The summed E-state index contributed by atoms with van der Waals surface area (Å²) < 4.78 is 38.8. The summed E-state index contributed by atoms with van der Waals surface area (Å²) in [5.74, 6) is 0.442. The quantitative estimate of drug-likeness (QED) is 0.656. The van der Waals surface area contributed by atoms with Gasteiger partial charge in [-0.15, -0.1) is 0 Å². The largest absolute Gasteiger partial charge is 0.416 e. The monoisotopic (exact) mass is 384 g/mol. The van der Waals surface area contributed by atoms with E-state index >= 15 is 0 Å². The van der Waals surface area contributed by atoms with Crippen LogP contribution in [0.4, 0.5) is 19.1 Å². The van der Waals surface area contributed by atoms with Crippen LogP contribution in [0.3, 0.4) is 0 Å². The number of aromatic nitrogens is 2. The summed E-state index contributed by atoms with van der Waals surface area (Å²) in [5.41, 5.74) is 10.2. The summed E-state index contributed by atoms with van der Waals surface area (Å²) >= 11 is 0. The molecule has 0 radical (unpaired) electrons. The first-order valence-electron chi connectivity index (χ1n) is 8.96. The number of nitrogens with two attached hydrogens (primary N) is 1. The van der Waals surface area contributed by atoms with Crippen LogP contribution in [-0.2, 0) is 12.6 Å². The van der Waals surface area contributed by atoms with Crippen molar-refractivity contribution < 1.29 is 13.2 Å². The van der Waals surface area contributed by atoms with Gasteiger partial charge >= 0.3 is 6.18 Å². The Balaban J connectivity index is 1.61. The normalized spacial score (nSPS) is 17.1. The predicted octanol–water partition coefficient (Wildman–Crippen LogP) is 5.15. The lowest BCUT2D eigenvalue weighted by Gasteiger charge is -2.17. The molecule has 1 aliphatic heterocycles. The van der Waals surface area contributed by atoms with Gasteiger partial charge in [-0.2, -0.15) is 13.2 Å². The van der Waals surface area contributed by atoms with Crippen molar-refractivity contribution in [2.75, 3.05) is 5.73 Å². The molecule has 2 heterocycles. The molecule has 0 spiro atoms. The minimum atomic E-state index is -4.33. The zero-order valence-corrected chi connectivity index (χ0v) is 15.2. The van der Waals surface area contributed by atoms with Crippen molar-refractivity contribution in [3.05, 3.63) is 64.7 Å². The second kappa shape index (κ2) is 6.82. The number of nitrogens with one attached hydrogen (secondary N) is 1. The Morgan fingerprint density at radius 2 is 2.04 bits per heavy atom. The molecule has 0 fully saturated rings. The average molecular weight is 384 g/mol. The number of aryl methyl sites for hydroxylation is 1. The molecule has 4 rings (SSSR count). The van der Waals surface area contributed by atoms with E-state index in [2.05, 4.69) is 15.0 Å². The van der Waals surface area contributed by atoms with E-state index < -0.39 is 11.7 Å². The second-order valence-electron chi connectivity index (χ2n) is 7.07. The number of allylic oxidation sites excluding steroid dienone is 1. The van der Waals surface area contributed by atoms with E-state index in [-0.39, 0.29) is 5.92 Å². The van der Waals surface area contributed by atoms with Crippen molar-refractivity contribution in [3.63, 3.8) is 0 Å². The highest BCUT2D eigenvalue weighted by molar-refractivity contribution is 5.86. The van der Waals surface area contributed by atoms with Gasteiger partial charge in [-0.3, -0.25) is 4.99 Å². The lowest BCUT2D eigenvalue weighted by molar-refractivity contribution is -0.137. The van der Waals surface area contributed by atoms with Gasteiger partial charge < -0.3 is 10.7 Å². The standard InChI is InChI=1S/C21H19F3N4/c1-12-7-15(11-18-19(12)28-20(25)27-18)17-10-14(5-6-26-17)8-13-3-2-4-16(9-13)21(22,23)24/h2-4,6-7,9-11,14H,5,8H2,1H3,(H3,25,27,28). The molecule has 0 saturated carbocycles. The van der Waals surface area contributed by atoms with Crippen LogP contribution in [0.25, 0.3) is 16.7 Å². The van der Waals surface area contributed by atoms with E-state index in [1.165, 1.54) is 12.1 Å². The van der Waals surface area contributed by atoms with Crippen molar-refractivity contribution in [3.8, 4) is 0 Å². The topological polar surface area (TPSA) is 67.1 Å². The van der Waals surface area contributed by atoms with Gasteiger partial charge in [0.05, 0.1) is 22.3 Å². The van der Waals surface area contributed by atoms with Crippen LogP contribution in [0.1, 0.15) is 28.7 Å². The van der Waals surface area contributed by atoms with Crippen molar-refractivity contribution in [2.45, 2.75) is 25.9 Å². The summed E-state index contributed by atoms with van der Waals surface area (Å²) in [5, 5.41) is 0. The number of hydrogen-bond donors (Lipinski definition) is 2. The van der Waals surface area contributed by atoms with Crippen molar-refractivity contribution in [2.24, 2.45) is 10.9 Å². The highest BCUT2D eigenvalue weighted by Gasteiger charge is 2.30. The number of hydrogen-bond acceptors (Lipinski definition) is 3. The number of rotatable bonds is 3. The molecule has 1 unspecified atom stereocenters. The SMILES string of the molecule is Cc1cc(C2=CC(Cc3cccc(C(F)(F)F)c3)CC=N2)cc2[nH]c(N)nc12. The Labute approximate surface area is 160 Å². The molecule has 1 atom stereocenters. The molecule has 28 heavy (non-hydrogen) atoms. The summed E-state index contributed by atoms with van der Waals surface area (Å²) in [6.45, 7) is 1.96. The number of imidazole rings is 1. The fourth-order valence-electron chi connectivity index (χ4n) is 3.57. The number of benzene rings is 2. The molecule has 144 valence electrons. The summed E-state index contributed by atoms with van der Waals surface area (Å²) in [6, 6.07) is 9.46. The molecule has 0 bridgehead atoms. The van der Waals surface area contributed by atoms with E-state index in [0.717, 1.165) is 33.9 Å². The number of nitrogen functional groups attached to an aromatic ring is 1. The van der Waals surface area contributed by atoms with Crippen LogP contribution in [0.2, 0.25) is 0 Å². The Kier molecular flexibility index (Phi) is 4.45. The van der Waals surface area contributed by atoms with Gasteiger partial charge in [0.1, 0.15) is 0 Å². The van der Waals surface area contributed by atoms with Crippen LogP contribution >= 0.6 is 0 Å². The van der Waals surface area contributed by atoms with E-state index in [1.807, 2.05) is 31.3 Å². The molecule has 2 aromatic carbocycles. The third-order valence-electron chi connectivity index (χ3n) is 4.88. The maximum Gasteiger partial charge on any atom is 0.416 e. The van der Waals surface area contributed by atoms with E-state index in [9.17, 15) is 13.2 Å². The average Bonchev–Trinajstić information content (AvgIpc) is 3.02. The number of fused-ring (bicyclic) bond motifs is 1. The Morgan fingerprint density at radius 3 is 2.82 bits per heavy atom. The molecule has 4 nitrogen and oxygen atoms in total. The van der Waals surface area contributed by atoms with Gasteiger partial charge in [-0.25, -0.2) is 4.98 Å². The third-order valence-corrected chi connectivity index (χ3v) is 4.88. The molecule has 0 aliphatic carbocycles. The molecule has 0 amide bonds. The second-order valence-corrected chi connectivity index (χ2v) is 7.07. The third kappa shape index (κ3) is 3.65. The van der Waals surface area contributed by atoms with Crippen molar-refractivity contribution in [1.29, 1.82) is 0 Å². The van der Waals surface area contributed by atoms with Crippen LogP contribution < -0.4 is 5.73 Å². The zero-order valence-electron chi connectivity index (χ0n) is 15.2. The summed E-state index contributed by atoms with van der Waals surface area (Å²) in [6.07, 6.45) is 0.745. The molecule has 3 aromatic rings. The molecule has 7 heteroatoms. The number of halogens is 3. The molecule has 3 N–H and O–H groups in total. The van der Waals surface area contributed by atoms with Gasteiger partial charge in [-0.05, 0) is 55.0 Å². The smallest absolute Gasteiger partial charge is 0.369 e. The van der Waals surface area contributed by atoms with Crippen LogP contribution in [0, 0.1) is 12.8 Å². The number of aliphatic imine (C=N–C) groups is 1. The van der Waals surface area contributed by atoms with E-state index in [4.69, 9.17) is 5.73 Å². The fraction of sp³-hybridized carbons (Fsp3) is 0.238. The number of alkyl halides is 3. The Morgan fingerprint density at radius 1 is 1.21 bits per heavy atom. The minimum absolute atomic E-state index is 0.0822. The maximum atomic E-state index is 12.9. The Bertz CT molecular complexity index is 1090. The summed E-state index contributed by atoms with van der Waals surface area (Å²) in [7, 11) is 0. The molecule has 1 aromatic heterocycles. The number of aromatic amines is 1. The first-order valence-corrected chi connectivity index (χ1v) is 8.96. The minimum Gasteiger partial charge on any atom is -0.369 e. The van der Waals surface area contributed by atoms with Gasteiger partial charge in [0.25, 0.3) is 0 Å². The molecular weight excluding hydrogens is 365 g/mol. The zero-order chi connectivity index (χ0) is 19.9. The van der Waals surface area contributed by atoms with Crippen LogP contribution in [-0.4, -0.2) is 16.2 Å². The first kappa shape index (κ1) is 18.3. The number of H-pyrrole nitrogens is 1. The predicted molar refractivity (Wildman–Crippen MR) is 105 cm³/mol. The van der Waals surface area contributed by atoms with E-state index in [0.29, 0.717) is 24.4 Å². The molecule has 0 saturated heterocycles. The lowest BCUT2D eigenvalue weighted by Crippen LogP contribution is -2.09. The van der Waals surface area contributed by atoms with Gasteiger partial charge in [0.15, 0.2) is 5.95 Å². The molecular formula is C21H19F3N4. The maximum absolute atomic E-state index is 12.9. The van der Waals surface area contributed by atoms with Crippen LogP contribution in [0.15, 0.2) is 47.5 Å². The Hall–Kier alpha value is -3.09. The van der Waals surface area contributed by atoms with Gasteiger partial charge in [0, 0.05) is 11.8 Å². The fourth-order valence-corrected chi connectivity index (χ4v) is 3.57. The van der Waals surface area contributed by atoms with Gasteiger partial charge in [0.2, 0.25) is 0 Å². The van der Waals surface area contributed by atoms with E-state index in [1.54, 1.807) is 6.07 Å². The number of nitrogens with zero attached hydrogens (tertiary/aromatic N) is 2. The highest BCUT2D eigenvalue weighted by Crippen LogP contribution is 2.32. The van der Waals surface area contributed by atoms with Crippen molar-refractivity contribution >= 4 is 28.9 Å².